The minimum absolute atomic E-state index is 0.0446. The average molecular weight is 248 g/mol. The first-order valence-electron chi connectivity index (χ1n) is 6.39. The van der Waals surface area contributed by atoms with E-state index in [1.54, 1.807) is 4.90 Å². The Balaban J connectivity index is 2.33. The van der Waals surface area contributed by atoms with Crippen molar-refractivity contribution in [2.24, 2.45) is 0 Å². The number of anilines is 1. The number of benzene rings is 1. The number of aliphatic hydroxyl groups is 1. The van der Waals surface area contributed by atoms with Gasteiger partial charge in [-0.2, -0.15) is 0 Å². The number of piperazine rings is 1. The lowest BCUT2D eigenvalue weighted by Crippen LogP contribution is -2.57. The van der Waals surface area contributed by atoms with E-state index < -0.39 is 6.04 Å². The highest BCUT2D eigenvalue weighted by Crippen LogP contribution is 2.28. The van der Waals surface area contributed by atoms with Crippen LogP contribution < -0.4 is 10.2 Å². The number of carbonyl (C=O) groups is 1. The summed E-state index contributed by atoms with van der Waals surface area (Å²) in [5.74, 6) is 0.327. The number of rotatable bonds is 3. The number of carbonyl (C=O) groups excluding carboxylic acids is 1. The Morgan fingerprint density at radius 2 is 2.17 bits per heavy atom. The number of aliphatic hydroxyl groups excluding tert-OH is 1. The molecule has 18 heavy (non-hydrogen) atoms. The Bertz CT molecular complexity index is 432. The molecule has 4 nitrogen and oxygen atoms in total. The molecule has 0 aliphatic carbocycles. The monoisotopic (exact) mass is 248 g/mol. The Morgan fingerprint density at radius 1 is 1.44 bits per heavy atom. The lowest BCUT2D eigenvalue weighted by atomic mass is 9.99. The SMILES string of the molecule is CC(C)c1ccccc1N1CCNC(CO)C1=O. The van der Waals surface area contributed by atoms with Gasteiger partial charge in [-0.15, -0.1) is 0 Å². The van der Waals surface area contributed by atoms with E-state index in [0.29, 0.717) is 19.0 Å². The van der Waals surface area contributed by atoms with E-state index in [9.17, 15) is 9.90 Å². The number of amides is 1. The number of nitrogens with zero attached hydrogens (tertiary/aromatic N) is 1. The highest BCUT2D eigenvalue weighted by molar-refractivity contribution is 5.98. The molecule has 1 unspecified atom stereocenters. The third kappa shape index (κ3) is 2.40. The van der Waals surface area contributed by atoms with Crippen molar-refractivity contribution in [2.45, 2.75) is 25.8 Å². The molecule has 1 aliphatic heterocycles. The van der Waals surface area contributed by atoms with Crippen molar-refractivity contribution >= 4 is 11.6 Å². The molecule has 0 aromatic heterocycles. The average Bonchev–Trinajstić information content (AvgIpc) is 2.39. The van der Waals surface area contributed by atoms with Crippen molar-refractivity contribution in [3.05, 3.63) is 29.8 Å². The molecular weight excluding hydrogens is 228 g/mol. The van der Waals surface area contributed by atoms with Crippen LogP contribution in [0.15, 0.2) is 24.3 Å². The molecule has 1 fully saturated rings. The minimum atomic E-state index is -0.473. The van der Waals surface area contributed by atoms with E-state index in [-0.39, 0.29) is 12.5 Å². The standard InChI is InChI=1S/C14H20N2O2/c1-10(2)11-5-3-4-6-13(11)16-8-7-15-12(9-17)14(16)18/h3-6,10,12,15,17H,7-9H2,1-2H3. The third-order valence-electron chi connectivity index (χ3n) is 3.32. The Labute approximate surface area is 108 Å². The molecule has 1 aromatic rings. The number of hydrogen-bond donors (Lipinski definition) is 2. The zero-order valence-corrected chi connectivity index (χ0v) is 10.9. The Morgan fingerprint density at radius 3 is 2.83 bits per heavy atom. The summed E-state index contributed by atoms with van der Waals surface area (Å²) in [6, 6.07) is 7.51. The van der Waals surface area contributed by atoms with Crippen LogP contribution in [0.4, 0.5) is 5.69 Å². The smallest absolute Gasteiger partial charge is 0.246 e. The molecule has 1 atom stereocenters. The fraction of sp³-hybridized carbons (Fsp3) is 0.500. The Hall–Kier alpha value is -1.39. The molecular formula is C14H20N2O2. The molecule has 2 N–H and O–H groups in total. The molecule has 2 rings (SSSR count). The van der Waals surface area contributed by atoms with Crippen LogP contribution in [0.1, 0.15) is 25.3 Å². The summed E-state index contributed by atoms with van der Waals surface area (Å²) in [4.78, 5) is 14.0. The number of hydrogen-bond acceptors (Lipinski definition) is 3. The number of nitrogens with one attached hydrogen (secondary N) is 1. The molecule has 98 valence electrons. The van der Waals surface area contributed by atoms with Crippen LogP contribution in [0.25, 0.3) is 0 Å². The number of para-hydroxylation sites is 1. The van der Waals surface area contributed by atoms with Crippen molar-refractivity contribution in [2.75, 3.05) is 24.6 Å². The molecule has 0 saturated carbocycles. The van der Waals surface area contributed by atoms with E-state index in [2.05, 4.69) is 25.2 Å². The van der Waals surface area contributed by atoms with Crippen LogP contribution in [0.2, 0.25) is 0 Å². The molecule has 0 bridgehead atoms. The summed E-state index contributed by atoms with van der Waals surface area (Å²) in [7, 11) is 0. The molecule has 1 amide bonds. The molecule has 1 heterocycles. The molecule has 1 aromatic carbocycles. The maximum atomic E-state index is 12.2. The van der Waals surface area contributed by atoms with Crippen LogP contribution in [0.3, 0.4) is 0 Å². The van der Waals surface area contributed by atoms with E-state index in [1.165, 1.54) is 5.56 Å². The first kappa shape index (κ1) is 13.1. The van der Waals surface area contributed by atoms with Gasteiger partial charge in [0.25, 0.3) is 0 Å². The van der Waals surface area contributed by atoms with Gasteiger partial charge in [0.1, 0.15) is 6.04 Å². The van der Waals surface area contributed by atoms with Gasteiger partial charge >= 0.3 is 0 Å². The van der Waals surface area contributed by atoms with Crippen molar-refractivity contribution in [1.29, 1.82) is 0 Å². The predicted octanol–water partition coefficient (Wildman–Crippen LogP) is 1.11. The summed E-state index contributed by atoms with van der Waals surface area (Å²) >= 11 is 0. The van der Waals surface area contributed by atoms with Crippen LogP contribution >= 0.6 is 0 Å². The summed E-state index contributed by atoms with van der Waals surface area (Å²) < 4.78 is 0. The van der Waals surface area contributed by atoms with Crippen LogP contribution in [0.5, 0.6) is 0 Å². The van der Waals surface area contributed by atoms with Gasteiger partial charge in [-0.25, -0.2) is 0 Å². The fourth-order valence-electron chi connectivity index (χ4n) is 2.34. The zero-order chi connectivity index (χ0) is 13.1. The molecule has 1 saturated heterocycles. The van der Waals surface area contributed by atoms with Crippen molar-refractivity contribution in [3.8, 4) is 0 Å². The highest BCUT2D eigenvalue weighted by atomic mass is 16.3. The zero-order valence-electron chi connectivity index (χ0n) is 10.9. The van der Waals surface area contributed by atoms with Gasteiger partial charge in [-0.3, -0.25) is 4.79 Å². The summed E-state index contributed by atoms with van der Waals surface area (Å²) in [5.41, 5.74) is 2.14. The van der Waals surface area contributed by atoms with Gasteiger partial charge in [-0.1, -0.05) is 32.0 Å². The second-order valence-corrected chi connectivity index (χ2v) is 4.89. The van der Waals surface area contributed by atoms with Gasteiger partial charge in [-0.05, 0) is 17.5 Å². The van der Waals surface area contributed by atoms with Gasteiger partial charge in [0.15, 0.2) is 0 Å². The van der Waals surface area contributed by atoms with Gasteiger partial charge in [0, 0.05) is 18.8 Å². The maximum Gasteiger partial charge on any atom is 0.246 e. The van der Waals surface area contributed by atoms with E-state index >= 15 is 0 Å². The normalized spacial score (nSPS) is 20.6. The van der Waals surface area contributed by atoms with Crippen LogP contribution in [-0.2, 0) is 4.79 Å². The van der Waals surface area contributed by atoms with E-state index in [0.717, 1.165) is 5.69 Å². The predicted molar refractivity (Wildman–Crippen MR) is 71.8 cm³/mol. The summed E-state index contributed by atoms with van der Waals surface area (Å²) in [6.45, 7) is 5.45. The van der Waals surface area contributed by atoms with Gasteiger partial charge in [0.2, 0.25) is 5.91 Å². The lowest BCUT2D eigenvalue weighted by molar-refractivity contribution is -0.122. The fourth-order valence-corrected chi connectivity index (χ4v) is 2.34. The van der Waals surface area contributed by atoms with Crippen molar-refractivity contribution < 1.29 is 9.90 Å². The van der Waals surface area contributed by atoms with E-state index in [4.69, 9.17) is 0 Å². The molecule has 4 heteroatoms. The molecule has 0 spiro atoms. The quantitative estimate of drug-likeness (QED) is 0.842. The lowest BCUT2D eigenvalue weighted by Gasteiger charge is -2.34. The first-order valence-corrected chi connectivity index (χ1v) is 6.39. The van der Waals surface area contributed by atoms with Crippen LogP contribution in [-0.4, -0.2) is 36.8 Å². The first-order chi connectivity index (χ1) is 8.65. The highest BCUT2D eigenvalue weighted by Gasteiger charge is 2.29. The van der Waals surface area contributed by atoms with Crippen molar-refractivity contribution in [1.82, 2.24) is 5.32 Å². The van der Waals surface area contributed by atoms with Crippen LogP contribution in [0, 0.1) is 0 Å². The molecule has 1 aliphatic rings. The van der Waals surface area contributed by atoms with E-state index in [1.807, 2.05) is 18.2 Å². The van der Waals surface area contributed by atoms with Gasteiger partial charge in [0.05, 0.1) is 6.61 Å². The van der Waals surface area contributed by atoms with Crippen molar-refractivity contribution in [3.63, 3.8) is 0 Å². The Kier molecular flexibility index (Phi) is 3.99. The largest absolute Gasteiger partial charge is 0.394 e. The molecule has 0 radical (unpaired) electrons. The summed E-state index contributed by atoms with van der Waals surface area (Å²) in [5, 5.41) is 12.2. The second kappa shape index (κ2) is 5.50. The summed E-state index contributed by atoms with van der Waals surface area (Å²) in [6.07, 6.45) is 0. The maximum absolute atomic E-state index is 12.2. The second-order valence-electron chi connectivity index (χ2n) is 4.89. The third-order valence-corrected chi connectivity index (χ3v) is 3.32. The minimum Gasteiger partial charge on any atom is -0.394 e. The van der Waals surface area contributed by atoms with Gasteiger partial charge < -0.3 is 15.3 Å². The topological polar surface area (TPSA) is 52.6 Å².